The van der Waals surface area contributed by atoms with E-state index in [1.54, 1.807) is 19.1 Å². The number of phenolic OH excluding ortho intramolecular Hbond substituents is 1. The third-order valence-electron chi connectivity index (χ3n) is 7.64. The predicted octanol–water partition coefficient (Wildman–Crippen LogP) is 6.71. The molecule has 0 bridgehead atoms. The van der Waals surface area contributed by atoms with Crippen LogP contribution in [0.25, 0.3) is 0 Å². The standard InChI is InChI=1S/C32H28Cl2N2O9S2/c1-17-14-25(33)18(2)30(28(17)34)47(43,44)36-26-9-5-8-24(31(38)39)29(26)45-32(40)23-13-11-21(16-27(23)37)35-46(41,42)22-12-10-19-6-3-4-7-20(19)15-22/h5,8-16,35-37H,3-4,6-7H2,1-2H3,(H,38,39). The molecule has 4 aromatic carbocycles. The monoisotopic (exact) mass is 718 g/mol. The second-order valence-corrected chi connectivity index (χ2v) is 15.0. The maximum atomic E-state index is 13.5. The van der Waals surface area contributed by atoms with Crippen molar-refractivity contribution in [3.8, 4) is 11.5 Å². The molecule has 1 aliphatic rings. The van der Waals surface area contributed by atoms with Gasteiger partial charge in [-0.05, 0) is 104 Å². The normalized spacial score (nSPS) is 13.0. The Morgan fingerprint density at radius 3 is 2.21 bits per heavy atom. The molecular weight excluding hydrogens is 691 g/mol. The van der Waals surface area contributed by atoms with E-state index in [1.165, 1.54) is 37.3 Å². The third kappa shape index (κ3) is 7.03. The van der Waals surface area contributed by atoms with Crippen LogP contribution in [-0.2, 0) is 32.9 Å². The third-order valence-corrected chi connectivity index (χ3v) is 11.5. The van der Waals surface area contributed by atoms with Gasteiger partial charge in [-0.1, -0.05) is 35.3 Å². The minimum Gasteiger partial charge on any atom is -0.507 e. The number of carbonyl (C=O) groups excluding carboxylic acids is 1. The van der Waals surface area contributed by atoms with Crippen molar-refractivity contribution in [1.29, 1.82) is 0 Å². The van der Waals surface area contributed by atoms with E-state index in [1.807, 2.05) is 0 Å². The Bertz CT molecular complexity index is 2140. The number of ether oxygens (including phenoxy) is 1. The number of aryl methyl sites for hydroxylation is 3. The molecule has 0 radical (unpaired) electrons. The number of rotatable bonds is 9. The van der Waals surface area contributed by atoms with Crippen LogP contribution in [0.2, 0.25) is 10.0 Å². The number of carboxylic acid groups (broad SMARTS) is 1. The van der Waals surface area contributed by atoms with E-state index in [0.717, 1.165) is 55.0 Å². The molecule has 15 heteroatoms. The first-order valence-corrected chi connectivity index (χ1v) is 17.9. The fraction of sp³-hybridized carbons (Fsp3) is 0.188. The lowest BCUT2D eigenvalue weighted by Gasteiger charge is -2.18. The zero-order valence-electron chi connectivity index (χ0n) is 24.9. The number of hydrogen-bond acceptors (Lipinski definition) is 8. The fourth-order valence-electron chi connectivity index (χ4n) is 5.23. The Morgan fingerprint density at radius 1 is 0.830 bits per heavy atom. The lowest BCUT2D eigenvalue weighted by molar-refractivity contribution is 0.0681. The molecule has 0 aliphatic heterocycles. The highest BCUT2D eigenvalue weighted by molar-refractivity contribution is 7.93. The number of carboxylic acids is 1. The van der Waals surface area contributed by atoms with Gasteiger partial charge in [-0.3, -0.25) is 9.44 Å². The van der Waals surface area contributed by atoms with Crippen LogP contribution in [0.1, 0.15) is 55.8 Å². The minimum absolute atomic E-state index is 0.0470. The molecule has 4 N–H and O–H groups in total. The number of benzene rings is 4. The van der Waals surface area contributed by atoms with Crippen molar-refractivity contribution in [3.63, 3.8) is 0 Å². The molecule has 246 valence electrons. The van der Waals surface area contributed by atoms with E-state index < -0.39 is 60.3 Å². The summed E-state index contributed by atoms with van der Waals surface area (Å²) in [4.78, 5) is 25.0. The van der Waals surface area contributed by atoms with Gasteiger partial charge in [0.05, 0.1) is 21.3 Å². The molecule has 0 saturated heterocycles. The van der Waals surface area contributed by atoms with Gasteiger partial charge in [0, 0.05) is 11.1 Å². The highest BCUT2D eigenvalue weighted by atomic mass is 35.5. The van der Waals surface area contributed by atoms with Crippen molar-refractivity contribution in [2.24, 2.45) is 0 Å². The summed E-state index contributed by atoms with van der Waals surface area (Å²) in [6, 6.07) is 13.2. The van der Waals surface area contributed by atoms with Crippen molar-refractivity contribution in [1.82, 2.24) is 0 Å². The van der Waals surface area contributed by atoms with Gasteiger partial charge in [0.2, 0.25) is 0 Å². The summed E-state index contributed by atoms with van der Waals surface area (Å²) in [5.41, 5.74) is 1.07. The smallest absolute Gasteiger partial charge is 0.347 e. The first-order chi connectivity index (χ1) is 22.1. The topological polar surface area (TPSA) is 176 Å². The summed E-state index contributed by atoms with van der Waals surface area (Å²) < 4.78 is 63.1. The molecule has 0 amide bonds. The van der Waals surface area contributed by atoms with Gasteiger partial charge >= 0.3 is 11.9 Å². The molecule has 47 heavy (non-hydrogen) atoms. The van der Waals surface area contributed by atoms with Gasteiger partial charge in [-0.25, -0.2) is 26.4 Å². The predicted molar refractivity (Wildman–Crippen MR) is 177 cm³/mol. The molecule has 0 heterocycles. The molecule has 5 rings (SSSR count). The number of aromatic hydroxyl groups is 1. The van der Waals surface area contributed by atoms with E-state index >= 15 is 0 Å². The van der Waals surface area contributed by atoms with Crippen LogP contribution in [0, 0.1) is 13.8 Å². The summed E-state index contributed by atoms with van der Waals surface area (Å²) in [6.07, 6.45) is 3.67. The van der Waals surface area contributed by atoms with Crippen molar-refractivity contribution in [2.75, 3.05) is 9.44 Å². The second-order valence-electron chi connectivity index (χ2n) is 10.9. The van der Waals surface area contributed by atoms with Gasteiger partial charge in [-0.15, -0.1) is 0 Å². The number of anilines is 2. The molecule has 11 nitrogen and oxygen atoms in total. The van der Waals surface area contributed by atoms with Crippen molar-refractivity contribution >= 4 is 66.6 Å². The Balaban J connectivity index is 1.42. The van der Waals surface area contributed by atoms with Crippen LogP contribution in [0.3, 0.4) is 0 Å². The largest absolute Gasteiger partial charge is 0.507 e. The van der Waals surface area contributed by atoms with Gasteiger partial charge in [0.1, 0.15) is 21.8 Å². The van der Waals surface area contributed by atoms with Gasteiger partial charge in [0.15, 0.2) is 5.75 Å². The van der Waals surface area contributed by atoms with E-state index in [0.29, 0.717) is 5.56 Å². The Hall–Kier alpha value is -4.30. The Labute approximate surface area is 281 Å². The number of esters is 1. The number of para-hydroxylation sites is 1. The summed E-state index contributed by atoms with van der Waals surface area (Å²) in [5.74, 6) is -4.16. The average Bonchev–Trinajstić information content (AvgIpc) is 3.00. The highest BCUT2D eigenvalue weighted by Gasteiger charge is 2.28. The fourth-order valence-corrected chi connectivity index (χ4v) is 8.61. The molecular formula is C32H28Cl2N2O9S2. The Kier molecular flexibility index (Phi) is 9.47. The van der Waals surface area contributed by atoms with E-state index in [9.17, 15) is 36.6 Å². The molecule has 0 atom stereocenters. The lowest BCUT2D eigenvalue weighted by atomic mass is 9.92. The summed E-state index contributed by atoms with van der Waals surface area (Å²) in [7, 11) is -8.55. The van der Waals surface area contributed by atoms with Crippen LogP contribution in [0.5, 0.6) is 11.5 Å². The van der Waals surface area contributed by atoms with Crippen LogP contribution < -0.4 is 14.2 Å². The highest BCUT2D eigenvalue weighted by Crippen LogP contribution is 2.38. The van der Waals surface area contributed by atoms with Crippen LogP contribution in [-0.4, -0.2) is 39.0 Å². The molecule has 0 aromatic heterocycles. The number of nitrogens with one attached hydrogen (secondary N) is 2. The van der Waals surface area contributed by atoms with Crippen LogP contribution in [0.15, 0.2) is 70.5 Å². The average molecular weight is 720 g/mol. The van der Waals surface area contributed by atoms with Crippen LogP contribution >= 0.6 is 23.2 Å². The van der Waals surface area contributed by atoms with Gasteiger partial charge < -0.3 is 14.9 Å². The summed E-state index contributed by atoms with van der Waals surface area (Å²) >= 11 is 12.5. The van der Waals surface area contributed by atoms with Crippen molar-refractivity contribution in [2.45, 2.75) is 49.3 Å². The molecule has 0 fully saturated rings. The SMILES string of the molecule is Cc1cc(Cl)c(C)c(S(=O)(=O)Nc2cccc(C(=O)O)c2OC(=O)c2ccc(NS(=O)(=O)c3ccc4c(c3)CCCC4)cc2O)c1Cl. The quantitative estimate of drug-likeness (QED) is 0.108. The number of phenols is 1. The number of carbonyl (C=O) groups is 2. The van der Waals surface area contributed by atoms with E-state index in [-0.39, 0.29) is 31.1 Å². The molecule has 0 saturated carbocycles. The molecule has 0 unspecified atom stereocenters. The lowest BCUT2D eigenvalue weighted by Crippen LogP contribution is -2.19. The second kappa shape index (κ2) is 13.1. The zero-order valence-corrected chi connectivity index (χ0v) is 28.1. The summed E-state index contributed by atoms with van der Waals surface area (Å²) in [6.45, 7) is 3.00. The van der Waals surface area contributed by atoms with Crippen LogP contribution in [0.4, 0.5) is 11.4 Å². The van der Waals surface area contributed by atoms with E-state index in [4.69, 9.17) is 27.9 Å². The maximum Gasteiger partial charge on any atom is 0.347 e. The first-order valence-electron chi connectivity index (χ1n) is 14.1. The van der Waals surface area contributed by atoms with Gasteiger partial charge in [0.25, 0.3) is 20.0 Å². The molecule has 0 spiro atoms. The van der Waals surface area contributed by atoms with E-state index in [2.05, 4.69) is 9.44 Å². The number of fused-ring (bicyclic) bond motifs is 1. The minimum atomic E-state index is -4.51. The van der Waals surface area contributed by atoms with Crippen molar-refractivity contribution < 1.29 is 41.4 Å². The number of sulfonamides is 2. The Morgan fingerprint density at radius 2 is 1.53 bits per heavy atom. The van der Waals surface area contributed by atoms with Gasteiger partial charge in [-0.2, -0.15) is 0 Å². The van der Waals surface area contributed by atoms with Crippen molar-refractivity contribution in [3.05, 3.63) is 104 Å². The zero-order chi connectivity index (χ0) is 34.3. The number of hydrogen-bond donors (Lipinski definition) is 4. The number of aromatic carboxylic acids is 1. The summed E-state index contributed by atoms with van der Waals surface area (Å²) in [5, 5.41) is 20.5. The number of halogens is 2. The molecule has 1 aliphatic carbocycles. The molecule has 4 aromatic rings. The maximum absolute atomic E-state index is 13.5. The first kappa shape index (κ1) is 34.0.